The second kappa shape index (κ2) is 12.2. The Morgan fingerprint density at radius 3 is 2.64 bits per heavy atom. The summed E-state index contributed by atoms with van der Waals surface area (Å²) in [7, 11) is 0. The van der Waals surface area contributed by atoms with Crippen LogP contribution in [0.5, 0.6) is 5.75 Å². The zero-order valence-electron chi connectivity index (χ0n) is 23.2. The molecule has 0 spiro atoms. The molecule has 0 radical (unpaired) electrons. The summed E-state index contributed by atoms with van der Waals surface area (Å²) in [6.45, 7) is 3.41. The highest BCUT2D eigenvalue weighted by Gasteiger charge is 2.33. The third-order valence-electron chi connectivity index (χ3n) is 7.62. The number of nitrogens with zero attached hydrogens (tertiary/aromatic N) is 2. The van der Waals surface area contributed by atoms with E-state index in [0.29, 0.717) is 48.4 Å². The molecule has 1 aliphatic heterocycles. The van der Waals surface area contributed by atoms with Crippen LogP contribution in [0, 0.1) is 11.7 Å². The molecule has 2 aromatic heterocycles. The van der Waals surface area contributed by atoms with Crippen LogP contribution in [0.3, 0.4) is 0 Å². The highest BCUT2D eigenvalue weighted by Crippen LogP contribution is 2.35. The molecule has 0 bridgehead atoms. The Labute approximate surface area is 240 Å². The monoisotopic (exact) mass is 586 g/mol. The molecule has 6 N–H and O–H groups in total. The van der Waals surface area contributed by atoms with Gasteiger partial charge >= 0.3 is 12.1 Å². The lowest BCUT2D eigenvalue weighted by atomic mass is 9.97. The van der Waals surface area contributed by atoms with E-state index in [1.165, 1.54) is 10.6 Å². The van der Waals surface area contributed by atoms with Gasteiger partial charge < -0.3 is 26.5 Å². The van der Waals surface area contributed by atoms with Crippen molar-refractivity contribution in [2.45, 2.75) is 57.5 Å². The SMILES string of the molecule is C[C@H](N)CCCc1cc(OC(F)(F)F)c(F)c(-c2cc3cn(-c4ccc([C@@H]5CC(CCN)CN5)cc4)c(=O)nc3[nH]2)c1. The van der Waals surface area contributed by atoms with Crippen LogP contribution in [0.15, 0.2) is 53.5 Å². The first kappa shape index (κ1) is 29.7. The third kappa shape index (κ3) is 6.83. The van der Waals surface area contributed by atoms with Gasteiger partial charge in [-0.05, 0) is 99.5 Å². The van der Waals surface area contributed by atoms with Crippen LogP contribution in [-0.4, -0.2) is 40.0 Å². The van der Waals surface area contributed by atoms with Crippen molar-refractivity contribution in [3.8, 4) is 22.7 Å². The molecule has 1 aliphatic rings. The van der Waals surface area contributed by atoms with Gasteiger partial charge in [0, 0.05) is 29.2 Å². The van der Waals surface area contributed by atoms with Crippen molar-refractivity contribution in [1.82, 2.24) is 19.9 Å². The van der Waals surface area contributed by atoms with Crippen molar-refractivity contribution in [2.24, 2.45) is 17.4 Å². The number of halogens is 4. The number of hydrogen-bond donors (Lipinski definition) is 4. The summed E-state index contributed by atoms with van der Waals surface area (Å²) in [5.41, 5.74) is 13.3. The maximum atomic E-state index is 15.3. The van der Waals surface area contributed by atoms with Gasteiger partial charge in [0.05, 0.1) is 11.4 Å². The van der Waals surface area contributed by atoms with Gasteiger partial charge in [0.1, 0.15) is 5.65 Å². The number of nitrogens with two attached hydrogens (primary N) is 2. The average molecular weight is 587 g/mol. The Morgan fingerprint density at radius 2 is 1.95 bits per heavy atom. The molecule has 5 rings (SSSR count). The van der Waals surface area contributed by atoms with E-state index in [1.54, 1.807) is 12.3 Å². The number of aromatic nitrogens is 3. The predicted molar refractivity (Wildman–Crippen MR) is 153 cm³/mol. The van der Waals surface area contributed by atoms with Gasteiger partial charge in [0.15, 0.2) is 11.6 Å². The summed E-state index contributed by atoms with van der Waals surface area (Å²) in [5, 5.41) is 4.00. The van der Waals surface area contributed by atoms with Crippen LogP contribution in [0.2, 0.25) is 0 Å². The van der Waals surface area contributed by atoms with Gasteiger partial charge in [-0.3, -0.25) is 4.57 Å². The maximum absolute atomic E-state index is 15.3. The van der Waals surface area contributed by atoms with Crippen LogP contribution >= 0.6 is 0 Å². The number of benzene rings is 2. The minimum atomic E-state index is -5.07. The van der Waals surface area contributed by atoms with E-state index in [1.807, 2.05) is 31.2 Å². The first-order chi connectivity index (χ1) is 20.0. The number of ether oxygens (including phenoxy) is 1. The Hall–Kier alpha value is -3.74. The van der Waals surface area contributed by atoms with Crippen molar-refractivity contribution in [3.05, 3.63) is 76.1 Å². The van der Waals surface area contributed by atoms with Crippen LogP contribution in [0.4, 0.5) is 17.6 Å². The molecule has 3 atom stereocenters. The lowest BCUT2D eigenvalue weighted by molar-refractivity contribution is -0.275. The minimum Gasteiger partial charge on any atom is -0.403 e. The van der Waals surface area contributed by atoms with Crippen molar-refractivity contribution < 1.29 is 22.3 Å². The molecule has 0 amide bonds. The largest absolute Gasteiger partial charge is 0.573 e. The fourth-order valence-electron chi connectivity index (χ4n) is 5.53. The van der Waals surface area contributed by atoms with Gasteiger partial charge in [-0.2, -0.15) is 4.98 Å². The van der Waals surface area contributed by atoms with Crippen molar-refractivity contribution >= 4 is 11.0 Å². The normalized spacial score (nSPS) is 18.1. The highest BCUT2D eigenvalue weighted by molar-refractivity contribution is 5.83. The Morgan fingerprint density at radius 1 is 1.19 bits per heavy atom. The number of nitrogens with one attached hydrogen (secondary N) is 2. The number of hydrogen-bond acceptors (Lipinski definition) is 6. The van der Waals surface area contributed by atoms with E-state index in [9.17, 15) is 18.0 Å². The zero-order valence-corrected chi connectivity index (χ0v) is 23.2. The molecule has 224 valence electrons. The molecular weight excluding hydrogens is 552 g/mol. The molecule has 1 saturated heterocycles. The number of H-pyrrole nitrogens is 1. The second-order valence-electron chi connectivity index (χ2n) is 11.0. The molecule has 1 fully saturated rings. The van der Waals surface area contributed by atoms with Crippen molar-refractivity contribution in [3.63, 3.8) is 0 Å². The summed E-state index contributed by atoms with van der Waals surface area (Å²) in [4.78, 5) is 19.9. The Balaban J connectivity index is 1.45. The molecule has 4 aromatic rings. The fourth-order valence-corrected chi connectivity index (χ4v) is 5.53. The lowest BCUT2D eigenvalue weighted by Gasteiger charge is -2.14. The van der Waals surface area contributed by atoms with E-state index >= 15 is 4.39 Å². The standard InChI is InChI=1S/C30H34F4N6O2/c1-17(36)3-2-4-18-11-23(27(31)26(13-18)42-30(32,33)34)25-14-21-16-40(29(41)39-28(21)38-25)22-7-5-20(6-8-22)24-12-19(9-10-35)15-37-24/h5-8,11,13-14,16-17,19,24,37H,2-4,9-10,12,15,35-36H2,1H3,(H,38,39,41)/t17-,19?,24-/m0/s1. The van der Waals surface area contributed by atoms with Crippen molar-refractivity contribution in [1.29, 1.82) is 0 Å². The van der Waals surface area contributed by atoms with Crippen LogP contribution in [0.1, 0.15) is 49.8 Å². The molecule has 8 nitrogen and oxygen atoms in total. The fraction of sp³-hybridized carbons (Fsp3) is 0.400. The molecule has 0 saturated carbocycles. The Kier molecular flexibility index (Phi) is 8.67. The number of alkyl halides is 3. The molecular formula is C30H34F4N6O2. The van der Waals surface area contributed by atoms with Crippen molar-refractivity contribution in [2.75, 3.05) is 13.1 Å². The topological polar surface area (TPSA) is 124 Å². The minimum absolute atomic E-state index is 0.0761. The summed E-state index contributed by atoms with van der Waals surface area (Å²) in [5.74, 6) is -1.56. The second-order valence-corrected chi connectivity index (χ2v) is 11.0. The van der Waals surface area contributed by atoms with E-state index in [4.69, 9.17) is 11.5 Å². The van der Waals surface area contributed by atoms with Crippen LogP contribution in [0.25, 0.3) is 28.0 Å². The third-order valence-corrected chi connectivity index (χ3v) is 7.62. The maximum Gasteiger partial charge on any atom is 0.573 e. The predicted octanol–water partition coefficient (Wildman–Crippen LogP) is 5.09. The van der Waals surface area contributed by atoms with E-state index in [0.717, 1.165) is 31.0 Å². The van der Waals surface area contributed by atoms with Crippen LogP contribution < -0.4 is 27.2 Å². The summed E-state index contributed by atoms with van der Waals surface area (Å²) < 4.78 is 59.9. The Bertz CT molecular complexity index is 1600. The zero-order chi connectivity index (χ0) is 30.0. The summed E-state index contributed by atoms with van der Waals surface area (Å²) in [6, 6.07) is 11.8. The smallest absolute Gasteiger partial charge is 0.403 e. The highest BCUT2D eigenvalue weighted by atomic mass is 19.4. The molecule has 2 aromatic carbocycles. The average Bonchev–Trinajstić information content (AvgIpc) is 3.56. The molecule has 0 aliphatic carbocycles. The summed E-state index contributed by atoms with van der Waals surface area (Å²) >= 11 is 0. The van der Waals surface area contributed by atoms with E-state index in [-0.39, 0.29) is 29.0 Å². The van der Waals surface area contributed by atoms with E-state index < -0.39 is 23.6 Å². The first-order valence-electron chi connectivity index (χ1n) is 14.0. The number of rotatable bonds is 10. The summed E-state index contributed by atoms with van der Waals surface area (Å²) in [6.07, 6.45) is 0.108. The molecule has 42 heavy (non-hydrogen) atoms. The van der Waals surface area contributed by atoms with Crippen LogP contribution in [-0.2, 0) is 6.42 Å². The quantitative estimate of drug-likeness (QED) is 0.192. The molecule has 3 heterocycles. The van der Waals surface area contributed by atoms with Gasteiger partial charge in [0.25, 0.3) is 0 Å². The van der Waals surface area contributed by atoms with E-state index in [2.05, 4.69) is 20.0 Å². The van der Waals surface area contributed by atoms with Gasteiger partial charge in [-0.25, -0.2) is 9.18 Å². The van der Waals surface area contributed by atoms with Gasteiger partial charge in [0.2, 0.25) is 0 Å². The number of aryl methyl sites for hydroxylation is 1. The number of aromatic amines is 1. The molecule has 1 unspecified atom stereocenters. The first-order valence-corrected chi connectivity index (χ1v) is 14.0. The number of fused-ring (bicyclic) bond motifs is 1. The van der Waals surface area contributed by atoms with Gasteiger partial charge in [-0.15, -0.1) is 13.2 Å². The lowest BCUT2D eigenvalue weighted by Crippen LogP contribution is -2.20. The molecule has 12 heteroatoms. The van der Waals surface area contributed by atoms with Gasteiger partial charge in [-0.1, -0.05) is 12.1 Å².